The number of H-pyrrole nitrogens is 1. The lowest BCUT2D eigenvalue weighted by molar-refractivity contribution is 0.0173. The topological polar surface area (TPSA) is 137 Å². The van der Waals surface area contributed by atoms with Gasteiger partial charge in [-0.25, -0.2) is 4.79 Å². The number of aromatic amines is 1. The van der Waals surface area contributed by atoms with Crippen LogP contribution in [0.15, 0.2) is 174 Å². The molecule has 0 atom stereocenters. The molecule has 0 aliphatic rings. The molecule has 0 saturated heterocycles. The van der Waals surface area contributed by atoms with Crippen LogP contribution in [-0.2, 0) is 36.3 Å². The lowest BCUT2D eigenvalue weighted by Gasteiger charge is -2.39. The van der Waals surface area contributed by atoms with E-state index in [9.17, 15) is 9.59 Å². The average molecular weight is 883 g/mol. The van der Waals surface area contributed by atoms with Crippen LogP contribution < -0.4 is 30.2 Å². The van der Waals surface area contributed by atoms with Crippen molar-refractivity contribution in [2.45, 2.75) is 24.7 Å². The van der Waals surface area contributed by atoms with Crippen LogP contribution in [-0.4, -0.2) is 57.3 Å². The first-order valence-corrected chi connectivity index (χ1v) is 22.6. The van der Waals surface area contributed by atoms with E-state index in [0.29, 0.717) is 28.6 Å². The number of nitrogens with zero attached hydrogens (tertiary/aromatic N) is 1. The van der Waals surface area contributed by atoms with E-state index in [1.807, 2.05) is 158 Å². The number of methoxy groups -OCH3 is 4. The zero-order valence-electron chi connectivity index (χ0n) is 36.4. The van der Waals surface area contributed by atoms with Crippen molar-refractivity contribution in [1.82, 2.24) is 9.55 Å². The Morgan fingerprint density at radius 2 is 0.828 bits per heavy atom. The lowest BCUT2D eigenvalue weighted by atomic mass is 9.80. The maximum absolute atomic E-state index is 16.0. The van der Waals surface area contributed by atoms with Crippen LogP contribution in [0.4, 0.5) is 0 Å². The van der Waals surface area contributed by atoms with Crippen LogP contribution in [0.2, 0.25) is 0 Å². The monoisotopic (exact) mass is 882 g/mol. The van der Waals surface area contributed by atoms with Gasteiger partial charge in [0.2, 0.25) is 0 Å². The Labute approximate surface area is 372 Å². The molecule has 1 N–H and O–H groups in total. The van der Waals surface area contributed by atoms with Gasteiger partial charge in [0.15, 0.2) is 0 Å². The van der Waals surface area contributed by atoms with Gasteiger partial charge in [-0.3, -0.25) is 18.9 Å². The molecule has 0 fully saturated rings. The van der Waals surface area contributed by atoms with Crippen molar-refractivity contribution < 1.29 is 37.5 Å². The van der Waals surface area contributed by atoms with E-state index in [0.717, 1.165) is 33.4 Å². The van der Waals surface area contributed by atoms with Crippen LogP contribution in [0.1, 0.15) is 38.9 Å². The van der Waals surface area contributed by atoms with E-state index in [2.05, 4.69) is 4.98 Å². The van der Waals surface area contributed by atoms with Crippen molar-refractivity contribution >= 4 is 7.37 Å². The molecule has 0 saturated carbocycles. The number of aryl methyl sites for hydroxylation is 1. The minimum Gasteiger partial charge on any atom is -0.497 e. The summed E-state index contributed by atoms with van der Waals surface area (Å²) in [6.45, 7) is 1.38. The highest BCUT2D eigenvalue weighted by atomic mass is 31.2. The minimum absolute atomic E-state index is 0.0258. The van der Waals surface area contributed by atoms with Gasteiger partial charge in [-0.05, 0) is 88.8 Å². The van der Waals surface area contributed by atoms with Gasteiger partial charge in [-0.2, -0.15) is 0 Å². The molecule has 0 radical (unpaired) electrons. The van der Waals surface area contributed by atoms with Crippen molar-refractivity contribution in [3.8, 4) is 23.0 Å². The third kappa shape index (κ3) is 9.61. The smallest absolute Gasteiger partial charge is 0.328 e. The molecular weight excluding hydrogens is 832 g/mol. The molecule has 330 valence electrons. The molecule has 7 aromatic rings. The number of aromatic nitrogens is 2. The average Bonchev–Trinajstić information content (AvgIpc) is 3.35. The van der Waals surface area contributed by atoms with E-state index in [4.69, 9.17) is 32.9 Å². The summed E-state index contributed by atoms with van der Waals surface area (Å²) in [6.07, 6.45) is 0.551. The summed E-state index contributed by atoms with van der Waals surface area (Å²) in [4.78, 5) is 27.4. The summed E-state index contributed by atoms with van der Waals surface area (Å²) in [5.41, 5.74) is 0.931. The van der Waals surface area contributed by atoms with E-state index in [-0.39, 0.29) is 13.2 Å². The predicted octanol–water partition coefficient (Wildman–Crippen LogP) is 9.11. The van der Waals surface area contributed by atoms with Gasteiger partial charge in [-0.15, -0.1) is 0 Å². The third-order valence-corrected chi connectivity index (χ3v) is 12.8. The quantitative estimate of drug-likeness (QED) is 0.0583. The van der Waals surface area contributed by atoms with E-state index in [1.54, 1.807) is 35.4 Å². The molecule has 12 nitrogen and oxygen atoms in total. The highest BCUT2D eigenvalue weighted by molar-refractivity contribution is 7.58. The van der Waals surface area contributed by atoms with E-state index in [1.165, 1.54) is 10.8 Å². The molecule has 1 aromatic heterocycles. The summed E-state index contributed by atoms with van der Waals surface area (Å²) < 4.78 is 60.4. The summed E-state index contributed by atoms with van der Waals surface area (Å²) in [5, 5.41) is 0. The molecule has 0 spiro atoms. The first kappa shape index (κ1) is 45.3. The van der Waals surface area contributed by atoms with Gasteiger partial charge in [0.05, 0.1) is 41.6 Å². The molecule has 13 heteroatoms. The first-order valence-electron chi connectivity index (χ1n) is 20.6. The normalized spacial score (nSPS) is 11.8. The van der Waals surface area contributed by atoms with Crippen LogP contribution in [0.5, 0.6) is 23.0 Å². The fourth-order valence-electron chi connectivity index (χ4n) is 7.74. The predicted molar refractivity (Wildman–Crippen MR) is 246 cm³/mol. The van der Waals surface area contributed by atoms with Crippen LogP contribution in [0.25, 0.3) is 0 Å². The van der Waals surface area contributed by atoms with Crippen molar-refractivity contribution in [2.75, 3.05) is 47.7 Å². The minimum atomic E-state index is -4.10. The molecule has 0 aliphatic heterocycles. The Kier molecular flexibility index (Phi) is 14.3. The van der Waals surface area contributed by atoms with Gasteiger partial charge < -0.3 is 32.9 Å². The second-order valence-corrected chi connectivity index (χ2v) is 17.4. The third-order valence-electron chi connectivity index (χ3n) is 11.2. The van der Waals surface area contributed by atoms with Gasteiger partial charge in [0.25, 0.3) is 12.9 Å². The van der Waals surface area contributed by atoms with Gasteiger partial charge in [0.1, 0.15) is 46.9 Å². The fraction of sp³-hybridized carbons (Fsp3) is 0.216. The van der Waals surface area contributed by atoms with Crippen molar-refractivity contribution in [3.63, 3.8) is 0 Å². The number of hydrogen-bond acceptors (Lipinski definition) is 10. The maximum Gasteiger partial charge on any atom is 0.328 e. The first-order chi connectivity index (χ1) is 31.1. The van der Waals surface area contributed by atoms with Crippen molar-refractivity contribution in [2.24, 2.45) is 0 Å². The molecule has 64 heavy (non-hydrogen) atoms. The Bertz CT molecular complexity index is 2510. The molecule has 0 aliphatic carbocycles. The standard InChI is InChI=1S/C51H51N2O10P/c1-37-34-53(49(55)52-48(37)54)32-33-63-64(56,35-61-50(38-12-8-6-9-13-38,40-16-24-44(57-2)25-17-40)41-18-26-45(58-3)27-19-41)36-62-51(39-14-10-7-11-15-39,42-20-28-46(59-4)29-21-42)43-22-30-47(60-5)31-23-43/h6-31,34H,32-33,35-36H2,1-5H3,(H,52,54,55). The summed E-state index contributed by atoms with van der Waals surface area (Å²) in [7, 11) is 2.30. The summed E-state index contributed by atoms with van der Waals surface area (Å²) in [5.74, 6) is 2.57. The van der Waals surface area contributed by atoms with Gasteiger partial charge in [-0.1, -0.05) is 109 Å². The molecular formula is C51H51N2O10P. The van der Waals surface area contributed by atoms with Gasteiger partial charge >= 0.3 is 5.69 Å². The summed E-state index contributed by atoms with van der Waals surface area (Å²) in [6, 6.07) is 49.4. The Balaban J connectivity index is 1.37. The number of benzene rings is 6. The number of rotatable bonds is 20. The van der Waals surface area contributed by atoms with E-state index >= 15 is 4.57 Å². The largest absolute Gasteiger partial charge is 0.497 e. The lowest BCUT2D eigenvalue weighted by Crippen LogP contribution is -2.35. The zero-order chi connectivity index (χ0) is 45.2. The number of hydrogen-bond donors (Lipinski definition) is 1. The highest BCUT2D eigenvalue weighted by Gasteiger charge is 2.44. The second-order valence-electron chi connectivity index (χ2n) is 15.0. The van der Waals surface area contributed by atoms with Crippen molar-refractivity contribution in [3.05, 3.63) is 224 Å². The van der Waals surface area contributed by atoms with Crippen LogP contribution in [0.3, 0.4) is 0 Å². The molecule has 7 rings (SSSR count). The molecule has 1 heterocycles. The van der Waals surface area contributed by atoms with Crippen LogP contribution >= 0.6 is 7.37 Å². The summed E-state index contributed by atoms with van der Waals surface area (Å²) >= 11 is 0. The second kappa shape index (κ2) is 20.2. The Hall–Kier alpha value is -6.69. The SMILES string of the molecule is COc1ccc(C(OCP(=O)(COC(c2ccccc2)(c2ccc(OC)cc2)c2ccc(OC)cc2)OCCn2cc(C)c(=O)[nH]c2=O)(c2ccccc2)c2ccc(OC)cc2)cc1. The zero-order valence-corrected chi connectivity index (χ0v) is 37.3. The maximum atomic E-state index is 16.0. The molecule has 6 aromatic carbocycles. The Morgan fingerprint density at radius 1 is 0.500 bits per heavy atom. The molecule has 0 amide bonds. The van der Waals surface area contributed by atoms with Crippen LogP contribution in [0, 0.1) is 6.92 Å². The van der Waals surface area contributed by atoms with E-state index < -0.39 is 42.5 Å². The molecule has 0 bridgehead atoms. The number of ether oxygens (including phenoxy) is 6. The Morgan fingerprint density at radius 3 is 1.16 bits per heavy atom. The number of nitrogens with one attached hydrogen (secondary N) is 1. The van der Waals surface area contributed by atoms with Crippen molar-refractivity contribution in [1.29, 1.82) is 0 Å². The molecule has 0 unspecified atom stereocenters. The van der Waals surface area contributed by atoms with Gasteiger partial charge in [0, 0.05) is 11.8 Å². The fourth-order valence-corrected chi connectivity index (χ4v) is 9.16. The highest BCUT2D eigenvalue weighted by Crippen LogP contribution is 2.54.